The van der Waals surface area contributed by atoms with E-state index < -0.39 is 11.5 Å². The largest absolute Gasteiger partial charge is 0.443 e. The number of hydrogen-bond acceptors (Lipinski definition) is 2. The van der Waals surface area contributed by atoms with Crippen LogP contribution in [0.25, 0.3) is 0 Å². The van der Waals surface area contributed by atoms with Crippen molar-refractivity contribution in [3.05, 3.63) is 12.7 Å². The number of halogens is 1. The average molecular weight is 135 g/mol. The first-order valence-electron chi connectivity index (χ1n) is 2.14. The highest BCUT2D eigenvalue weighted by Crippen LogP contribution is 1.95. The van der Waals surface area contributed by atoms with Crippen LogP contribution in [0, 0.1) is 0 Å². The van der Waals surface area contributed by atoms with Crippen molar-refractivity contribution < 1.29 is 9.53 Å². The Labute approximate surface area is 53.1 Å². The Bertz CT molecular complexity index is 98.6. The molecule has 0 N–H and O–H groups in total. The predicted molar refractivity (Wildman–Crippen MR) is 31.6 cm³/mol. The minimum atomic E-state index is -0.569. The third-order valence-corrected chi connectivity index (χ3v) is 0.534. The average Bonchev–Trinajstić information content (AvgIpc) is 1.65. The number of hydrogen-bond donors (Lipinski definition) is 0. The van der Waals surface area contributed by atoms with Crippen LogP contribution in [0.5, 0.6) is 0 Å². The van der Waals surface area contributed by atoms with Crippen molar-refractivity contribution in [2.24, 2.45) is 0 Å². The molecule has 1 atom stereocenters. The molecule has 0 heterocycles. The minimum absolute atomic E-state index is 0.493. The molecule has 0 unspecified atom stereocenters. The smallest absolute Gasteiger partial charge is 0.331 e. The van der Waals surface area contributed by atoms with Gasteiger partial charge in [0, 0.05) is 6.08 Å². The maximum absolute atomic E-state index is 10.2. The Balaban J connectivity index is 3.39. The zero-order chi connectivity index (χ0) is 6.57. The normalized spacial score (nSPS) is 12.2. The molecule has 0 aromatic heterocycles. The third-order valence-electron chi connectivity index (χ3n) is 0.445. The molecule has 0 bridgehead atoms. The van der Waals surface area contributed by atoms with Gasteiger partial charge in [-0.25, -0.2) is 4.79 Å². The van der Waals surface area contributed by atoms with E-state index in [1.54, 1.807) is 6.92 Å². The number of esters is 1. The van der Waals surface area contributed by atoms with Crippen LogP contribution in [-0.4, -0.2) is 11.5 Å². The summed E-state index contributed by atoms with van der Waals surface area (Å²) >= 11 is 5.26. The monoisotopic (exact) mass is 134 g/mol. The number of carbonyl (C=O) groups is 1. The lowest BCUT2D eigenvalue weighted by atomic mass is 10.6. The molecule has 46 valence electrons. The first-order chi connectivity index (χ1) is 3.66. The summed E-state index contributed by atoms with van der Waals surface area (Å²) in [5.74, 6) is -0.493. The van der Waals surface area contributed by atoms with Gasteiger partial charge in [-0.3, -0.25) is 0 Å². The highest BCUT2D eigenvalue weighted by atomic mass is 35.5. The van der Waals surface area contributed by atoms with Crippen LogP contribution in [0.3, 0.4) is 0 Å². The van der Waals surface area contributed by atoms with Gasteiger partial charge in [0.25, 0.3) is 0 Å². The van der Waals surface area contributed by atoms with Gasteiger partial charge in [0.15, 0.2) is 5.56 Å². The summed E-state index contributed by atoms with van der Waals surface area (Å²) in [6.45, 7) is 4.74. The standard InChI is InChI=1S/C5H7ClO2/c1-3-5(7)8-4(2)6/h3-4H,1H2,2H3/t4-/m1/s1. The fourth-order valence-corrected chi connectivity index (χ4v) is 0.296. The molecule has 0 aromatic rings. The summed E-state index contributed by atoms with van der Waals surface area (Å²) in [5.41, 5.74) is -0.569. The molecule has 8 heavy (non-hydrogen) atoms. The van der Waals surface area contributed by atoms with Gasteiger partial charge in [0.05, 0.1) is 0 Å². The highest BCUT2D eigenvalue weighted by molar-refractivity contribution is 6.20. The van der Waals surface area contributed by atoms with Crippen molar-refractivity contribution >= 4 is 17.6 Å². The van der Waals surface area contributed by atoms with Crippen LogP contribution < -0.4 is 0 Å². The first-order valence-corrected chi connectivity index (χ1v) is 2.57. The van der Waals surface area contributed by atoms with Gasteiger partial charge in [-0.2, -0.15) is 0 Å². The van der Waals surface area contributed by atoms with Crippen molar-refractivity contribution in [2.45, 2.75) is 12.5 Å². The Hall–Kier alpha value is -0.500. The topological polar surface area (TPSA) is 26.3 Å². The van der Waals surface area contributed by atoms with E-state index >= 15 is 0 Å². The molecule has 0 fully saturated rings. The second-order valence-electron chi connectivity index (χ2n) is 1.18. The Morgan fingerprint density at radius 2 is 2.50 bits per heavy atom. The second-order valence-corrected chi connectivity index (χ2v) is 1.80. The molecule has 0 aliphatic heterocycles. The fourth-order valence-electron chi connectivity index (χ4n) is 0.208. The molecule has 0 saturated heterocycles. The van der Waals surface area contributed by atoms with E-state index in [1.165, 1.54) is 0 Å². The van der Waals surface area contributed by atoms with Gasteiger partial charge >= 0.3 is 5.97 Å². The van der Waals surface area contributed by atoms with Crippen LogP contribution in [0.1, 0.15) is 6.92 Å². The summed E-state index contributed by atoms with van der Waals surface area (Å²) < 4.78 is 4.41. The molecule has 0 radical (unpaired) electrons. The third kappa shape index (κ3) is 3.68. The number of alkyl halides is 1. The molecule has 0 aromatic carbocycles. The molecular formula is C5H7ClO2. The van der Waals surface area contributed by atoms with Crippen LogP contribution in [-0.2, 0) is 9.53 Å². The van der Waals surface area contributed by atoms with Crippen molar-refractivity contribution in [1.29, 1.82) is 0 Å². The molecule has 0 aliphatic carbocycles. The van der Waals surface area contributed by atoms with Gasteiger partial charge in [0.2, 0.25) is 0 Å². The fraction of sp³-hybridized carbons (Fsp3) is 0.400. The lowest BCUT2D eigenvalue weighted by molar-refractivity contribution is -0.138. The van der Waals surface area contributed by atoms with E-state index in [0.29, 0.717) is 0 Å². The van der Waals surface area contributed by atoms with Crippen molar-refractivity contribution in [2.75, 3.05) is 0 Å². The van der Waals surface area contributed by atoms with Gasteiger partial charge in [-0.1, -0.05) is 18.2 Å². The van der Waals surface area contributed by atoms with E-state index in [-0.39, 0.29) is 0 Å². The van der Waals surface area contributed by atoms with Crippen LogP contribution in [0.4, 0.5) is 0 Å². The quantitative estimate of drug-likeness (QED) is 0.323. The molecule has 0 amide bonds. The molecular weight excluding hydrogens is 128 g/mol. The maximum Gasteiger partial charge on any atom is 0.331 e. The Morgan fingerprint density at radius 3 is 2.62 bits per heavy atom. The number of carbonyl (C=O) groups excluding carboxylic acids is 1. The Kier molecular flexibility index (Phi) is 3.28. The zero-order valence-electron chi connectivity index (χ0n) is 4.56. The van der Waals surface area contributed by atoms with E-state index in [1.807, 2.05) is 0 Å². The first kappa shape index (κ1) is 7.50. The predicted octanol–water partition coefficient (Wildman–Crippen LogP) is 1.30. The highest BCUT2D eigenvalue weighted by Gasteiger charge is 1.98. The van der Waals surface area contributed by atoms with E-state index in [9.17, 15) is 4.79 Å². The van der Waals surface area contributed by atoms with Crippen molar-refractivity contribution in [1.82, 2.24) is 0 Å². The van der Waals surface area contributed by atoms with Crippen molar-refractivity contribution in [3.8, 4) is 0 Å². The lowest BCUT2D eigenvalue weighted by Gasteiger charge is -2.00. The summed E-state index contributed by atoms with van der Waals surface area (Å²) in [6, 6.07) is 0. The summed E-state index contributed by atoms with van der Waals surface area (Å²) in [4.78, 5) is 10.2. The number of ether oxygens (including phenoxy) is 1. The van der Waals surface area contributed by atoms with E-state index in [0.717, 1.165) is 6.08 Å². The molecule has 2 nitrogen and oxygen atoms in total. The summed E-state index contributed by atoms with van der Waals surface area (Å²) in [6.07, 6.45) is 1.07. The molecule has 0 rings (SSSR count). The van der Waals surface area contributed by atoms with Gasteiger partial charge < -0.3 is 4.74 Å². The molecule has 0 aliphatic rings. The van der Waals surface area contributed by atoms with Crippen LogP contribution >= 0.6 is 11.6 Å². The van der Waals surface area contributed by atoms with Gasteiger partial charge in [0.1, 0.15) is 0 Å². The number of rotatable bonds is 2. The summed E-state index contributed by atoms with van der Waals surface area (Å²) in [7, 11) is 0. The minimum Gasteiger partial charge on any atom is -0.443 e. The zero-order valence-corrected chi connectivity index (χ0v) is 5.31. The molecule has 3 heteroatoms. The van der Waals surface area contributed by atoms with Crippen molar-refractivity contribution in [3.63, 3.8) is 0 Å². The van der Waals surface area contributed by atoms with E-state index in [4.69, 9.17) is 11.6 Å². The lowest BCUT2D eigenvalue weighted by Crippen LogP contribution is -2.05. The van der Waals surface area contributed by atoms with Crippen LogP contribution in [0.15, 0.2) is 12.7 Å². The van der Waals surface area contributed by atoms with Gasteiger partial charge in [-0.05, 0) is 6.92 Å². The second kappa shape index (κ2) is 3.50. The molecule has 0 saturated carbocycles. The Morgan fingerprint density at radius 1 is 2.00 bits per heavy atom. The molecule has 0 spiro atoms. The maximum atomic E-state index is 10.2. The SMILES string of the molecule is C=CC(=O)O[C@H](C)Cl. The summed E-state index contributed by atoms with van der Waals surface area (Å²) in [5, 5.41) is 0. The van der Waals surface area contributed by atoms with E-state index in [2.05, 4.69) is 11.3 Å². The van der Waals surface area contributed by atoms with Crippen LogP contribution in [0.2, 0.25) is 0 Å². The van der Waals surface area contributed by atoms with Gasteiger partial charge in [-0.15, -0.1) is 0 Å².